The third-order valence-corrected chi connectivity index (χ3v) is 3.00. The van der Waals surface area contributed by atoms with Crippen LogP contribution in [0, 0.1) is 17.3 Å². The summed E-state index contributed by atoms with van der Waals surface area (Å²) in [6.07, 6.45) is 3.85. The molecule has 0 aromatic carbocycles. The topological polar surface area (TPSA) is 0 Å². The Morgan fingerprint density at radius 2 is 2.22 bits per heavy atom. The van der Waals surface area contributed by atoms with Gasteiger partial charge in [-0.25, -0.2) is 0 Å². The molecule has 0 amide bonds. The molecule has 0 heteroatoms. The Hall–Kier alpha value is -0.260. The summed E-state index contributed by atoms with van der Waals surface area (Å²) in [4.78, 5) is 0. The van der Waals surface area contributed by atoms with E-state index in [-0.39, 0.29) is 0 Å². The van der Waals surface area contributed by atoms with E-state index in [2.05, 4.69) is 26.8 Å². The molecule has 0 spiro atoms. The third-order valence-electron chi connectivity index (χ3n) is 3.00. The van der Waals surface area contributed by atoms with Gasteiger partial charge in [-0.1, -0.05) is 25.5 Å². The third kappa shape index (κ3) is 0.493. The maximum absolute atomic E-state index is 2.43. The van der Waals surface area contributed by atoms with Crippen molar-refractivity contribution in [2.75, 3.05) is 0 Å². The second kappa shape index (κ2) is 1.25. The highest BCUT2D eigenvalue weighted by Gasteiger charge is 2.51. The van der Waals surface area contributed by atoms with Crippen LogP contribution < -0.4 is 0 Å². The van der Waals surface area contributed by atoms with Gasteiger partial charge in [0.05, 0.1) is 0 Å². The number of fused-ring (bicyclic) bond motifs is 1. The fourth-order valence-electron chi connectivity index (χ4n) is 2.70. The van der Waals surface area contributed by atoms with Crippen molar-refractivity contribution in [1.29, 1.82) is 0 Å². The van der Waals surface area contributed by atoms with Crippen molar-refractivity contribution >= 4 is 0 Å². The summed E-state index contributed by atoms with van der Waals surface area (Å²) in [5, 5.41) is 0. The van der Waals surface area contributed by atoms with E-state index in [4.69, 9.17) is 0 Å². The fraction of sp³-hybridized carbons (Fsp3) is 0.778. The molecular formula is C9H14. The van der Waals surface area contributed by atoms with Crippen LogP contribution >= 0.6 is 0 Å². The van der Waals surface area contributed by atoms with E-state index < -0.39 is 0 Å². The van der Waals surface area contributed by atoms with E-state index >= 15 is 0 Å². The Labute approximate surface area is 57.0 Å². The minimum Gasteiger partial charge on any atom is -0.0815 e. The maximum Gasteiger partial charge on any atom is -0.00911 e. The molecule has 0 heterocycles. The Bertz CT molecular complexity index is 174. The van der Waals surface area contributed by atoms with Crippen LogP contribution in [0.15, 0.2) is 11.6 Å². The van der Waals surface area contributed by atoms with Crippen molar-refractivity contribution in [3.8, 4) is 0 Å². The summed E-state index contributed by atoms with van der Waals surface area (Å²) in [5.74, 6) is 1.93. The van der Waals surface area contributed by atoms with Gasteiger partial charge in [0.1, 0.15) is 0 Å². The first-order chi connectivity index (χ1) is 4.11. The fourth-order valence-corrected chi connectivity index (χ4v) is 2.70. The largest absolute Gasteiger partial charge is 0.0815 e. The lowest BCUT2D eigenvalue weighted by molar-refractivity contribution is 0.0204. The van der Waals surface area contributed by atoms with Gasteiger partial charge >= 0.3 is 0 Å². The zero-order chi connectivity index (χ0) is 6.65. The van der Waals surface area contributed by atoms with Crippen LogP contribution in [-0.2, 0) is 0 Å². The predicted octanol–water partition coefficient (Wildman–Crippen LogP) is 2.61. The first-order valence-corrected chi connectivity index (χ1v) is 3.79. The molecule has 1 saturated carbocycles. The Balaban J connectivity index is 2.21. The van der Waals surface area contributed by atoms with Crippen LogP contribution in [0.1, 0.15) is 27.2 Å². The first-order valence-electron chi connectivity index (χ1n) is 3.79. The number of allylic oxidation sites excluding steroid dienone is 2. The van der Waals surface area contributed by atoms with Crippen LogP contribution in [0.2, 0.25) is 0 Å². The minimum atomic E-state index is 0.642. The number of hydrogen-bond acceptors (Lipinski definition) is 0. The maximum atomic E-state index is 2.43. The average Bonchev–Trinajstić information content (AvgIpc) is 1.60. The van der Waals surface area contributed by atoms with Gasteiger partial charge in [-0.05, 0) is 30.6 Å². The van der Waals surface area contributed by atoms with Gasteiger partial charge in [-0.2, -0.15) is 0 Å². The van der Waals surface area contributed by atoms with Crippen molar-refractivity contribution in [3.63, 3.8) is 0 Å². The van der Waals surface area contributed by atoms with Gasteiger partial charge in [-0.3, -0.25) is 0 Å². The molecule has 0 bridgehead atoms. The molecule has 50 valence electrons. The molecule has 2 aliphatic rings. The van der Waals surface area contributed by atoms with Crippen molar-refractivity contribution in [2.45, 2.75) is 27.2 Å². The van der Waals surface area contributed by atoms with E-state index in [0.29, 0.717) is 5.41 Å². The van der Waals surface area contributed by atoms with E-state index in [1.54, 1.807) is 5.57 Å². The summed E-state index contributed by atoms with van der Waals surface area (Å²) in [6.45, 7) is 7.03. The van der Waals surface area contributed by atoms with Crippen molar-refractivity contribution in [1.82, 2.24) is 0 Å². The number of hydrogen-bond donors (Lipinski definition) is 0. The zero-order valence-electron chi connectivity index (χ0n) is 6.44. The second-order valence-electron chi connectivity index (χ2n) is 4.24. The Kier molecular flexibility index (Phi) is 0.769. The number of rotatable bonds is 0. The summed E-state index contributed by atoms with van der Waals surface area (Å²) in [6, 6.07) is 0. The molecule has 0 nitrogen and oxygen atoms in total. The minimum absolute atomic E-state index is 0.642. The van der Waals surface area contributed by atoms with Gasteiger partial charge in [0.2, 0.25) is 0 Å². The van der Waals surface area contributed by atoms with Crippen LogP contribution in [0.5, 0.6) is 0 Å². The molecule has 0 radical (unpaired) electrons. The molecule has 0 aromatic rings. The van der Waals surface area contributed by atoms with Crippen LogP contribution in [0.4, 0.5) is 0 Å². The van der Waals surface area contributed by atoms with Gasteiger partial charge in [0.15, 0.2) is 0 Å². The standard InChI is InChI=1S/C9H14/c1-6-4-7-5-9(2,3)8(6)7/h4,7-8H,5H2,1-3H3. The van der Waals surface area contributed by atoms with Crippen molar-refractivity contribution in [3.05, 3.63) is 11.6 Å². The lowest BCUT2D eigenvalue weighted by Gasteiger charge is -2.57. The molecule has 2 atom stereocenters. The van der Waals surface area contributed by atoms with Crippen LogP contribution in [0.3, 0.4) is 0 Å². The molecule has 0 aromatic heterocycles. The van der Waals surface area contributed by atoms with Gasteiger partial charge in [0, 0.05) is 0 Å². The summed E-state index contributed by atoms with van der Waals surface area (Å²) in [7, 11) is 0. The summed E-state index contributed by atoms with van der Waals surface area (Å²) in [5.41, 5.74) is 2.28. The second-order valence-corrected chi connectivity index (χ2v) is 4.24. The SMILES string of the molecule is CC1=CC2CC(C)(C)C12. The highest BCUT2D eigenvalue weighted by atomic mass is 14.6. The monoisotopic (exact) mass is 122 g/mol. The van der Waals surface area contributed by atoms with Gasteiger partial charge < -0.3 is 0 Å². The van der Waals surface area contributed by atoms with E-state index in [0.717, 1.165) is 11.8 Å². The smallest absolute Gasteiger partial charge is 0.00911 e. The zero-order valence-corrected chi connectivity index (χ0v) is 6.44. The molecule has 9 heavy (non-hydrogen) atoms. The summed E-state index contributed by atoms with van der Waals surface area (Å²) >= 11 is 0. The molecule has 2 aliphatic carbocycles. The molecule has 0 saturated heterocycles. The van der Waals surface area contributed by atoms with Crippen LogP contribution in [-0.4, -0.2) is 0 Å². The van der Waals surface area contributed by atoms with Gasteiger partial charge in [-0.15, -0.1) is 0 Å². The Morgan fingerprint density at radius 1 is 1.56 bits per heavy atom. The molecule has 1 fully saturated rings. The highest BCUT2D eigenvalue weighted by molar-refractivity contribution is 5.29. The average molecular weight is 122 g/mol. The highest BCUT2D eigenvalue weighted by Crippen LogP contribution is 2.60. The van der Waals surface area contributed by atoms with Gasteiger partial charge in [0.25, 0.3) is 0 Å². The normalized spacial score (nSPS) is 44.1. The van der Waals surface area contributed by atoms with E-state index in [1.807, 2.05) is 0 Å². The van der Waals surface area contributed by atoms with Crippen molar-refractivity contribution < 1.29 is 0 Å². The molecule has 0 N–H and O–H groups in total. The molecular weight excluding hydrogens is 108 g/mol. The Morgan fingerprint density at radius 3 is 2.44 bits per heavy atom. The van der Waals surface area contributed by atoms with Crippen molar-refractivity contribution in [2.24, 2.45) is 17.3 Å². The lowest BCUT2D eigenvalue weighted by Crippen LogP contribution is -2.48. The van der Waals surface area contributed by atoms with E-state index in [1.165, 1.54) is 6.42 Å². The summed E-state index contributed by atoms with van der Waals surface area (Å²) < 4.78 is 0. The predicted molar refractivity (Wildman–Crippen MR) is 39.1 cm³/mol. The first kappa shape index (κ1) is 5.52. The molecule has 2 unspecified atom stereocenters. The molecule has 2 rings (SSSR count). The quantitative estimate of drug-likeness (QED) is 0.433. The molecule has 0 aliphatic heterocycles. The van der Waals surface area contributed by atoms with E-state index in [9.17, 15) is 0 Å². The lowest BCUT2D eigenvalue weighted by atomic mass is 9.47. The van der Waals surface area contributed by atoms with Crippen LogP contribution in [0.25, 0.3) is 0 Å².